The molecule has 4 aromatic rings. The molecule has 0 radical (unpaired) electrons. The third kappa shape index (κ3) is 5.07. The minimum atomic E-state index is -0.310. The second-order valence-corrected chi connectivity index (χ2v) is 7.27. The summed E-state index contributed by atoms with van der Waals surface area (Å²) in [4.78, 5) is 12.5. The Morgan fingerprint density at radius 2 is 1.97 bits per heavy atom. The summed E-state index contributed by atoms with van der Waals surface area (Å²) in [7, 11) is 0. The molecule has 0 fully saturated rings. The van der Waals surface area contributed by atoms with Gasteiger partial charge < -0.3 is 10.1 Å². The molecule has 2 aromatic carbocycles. The van der Waals surface area contributed by atoms with Crippen molar-refractivity contribution in [3.05, 3.63) is 95.0 Å². The third-order valence-electron chi connectivity index (χ3n) is 4.37. The number of hydrogen-bond acceptors (Lipinski definition) is 4. The lowest BCUT2D eigenvalue weighted by Crippen LogP contribution is -2.14. The van der Waals surface area contributed by atoms with E-state index in [2.05, 4.69) is 34.6 Å². The van der Waals surface area contributed by atoms with Crippen LogP contribution in [0.3, 0.4) is 0 Å². The molecule has 0 aliphatic heterocycles. The van der Waals surface area contributed by atoms with Gasteiger partial charge in [0.05, 0.1) is 18.4 Å². The van der Waals surface area contributed by atoms with Gasteiger partial charge in [-0.1, -0.05) is 41.4 Å². The van der Waals surface area contributed by atoms with Gasteiger partial charge >= 0.3 is 0 Å². The lowest BCUT2D eigenvalue weighted by atomic mass is 10.1. The normalized spacial score (nSPS) is 10.7. The van der Waals surface area contributed by atoms with Crippen molar-refractivity contribution in [3.8, 4) is 5.75 Å². The first-order valence-corrected chi connectivity index (χ1v) is 9.74. The first kappa shape index (κ1) is 19.7. The Labute approximate surface area is 178 Å². The van der Waals surface area contributed by atoms with E-state index in [0.29, 0.717) is 28.7 Å². The van der Waals surface area contributed by atoms with E-state index in [1.54, 1.807) is 58.3 Å². The van der Waals surface area contributed by atoms with Crippen LogP contribution in [0, 0.1) is 6.92 Å². The minimum absolute atomic E-state index is 0.184. The van der Waals surface area contributed by atoms with E-state index < -0.39 is 0 Å². The van der Waals surface area contributed by atoms with E-state index >= 15 is 0 Å². The van der Waals surface area contributed by atoms with Gasteiger partial charge in [0.2, 0.25) is 0 Å². The summed E-state index contributed by atoms with van der Waals surface area (Å²) in [5.41, 5.74) is 3.25. The number of nitrogens with one attached hydrogen (secondary N) is 1. The fraction of sp³-hybridized carbons (Fsp3) is 0.136. The number of halogens is 1. The van der Waals surface area contributed by atoms with Crippen LogP contribution in [-0.2, 0) is 13.3 Å². The molecule has 7 nitrogen and oxygen atoms in total. The number of nitrogens with zero attached hydrogens (tertiary/aromatic N) is 4. The molecule has 152 valence electrons. The van der Waals surface area contributed by atoms with Crippen LogP contribution in [-0.4, -0.2) is 25.5 Å². The van der Waals surface area contributed by atoms with Crippen LogP contribution in [0.2, 0.25) is 5.02 Å². The SMILES string of the molecule is Cc1cccc(Cn2cc(NC(=O)c3ccn(COc4ccc(Cl)cc4)n3)cn2)c1. The first-order valence-electron chi connectivity index (χ1n) is 9.36. The highest BCUT2D eigenvalue weighted by atomic mass is 35.5. The van der Waals surface area contributed by atoms with E-state index in [0.717, 1.165) is 5.56 Å². The van der Waals surface area contributed by atoms with Crippen molar-refractivity contribution in [1.29, 1.82) is 0 Å². The van der Waals surface area contributed by atoms with Gasteiger partial charge in [-0.2, -0.15) is 10.2 Å². The average Bonchev–Trinajstić information content (AvgIpc) is 3.37. The Kier molecular flexibility index (Phi) is 5.81. The Hall–Kier alpha value is -3.58. The van der Waals surface area contributed by atoms with Crippen LogP contribution in [0.1, 0.15) is 21.6 Å². The second kappa shape index (κ2) is 8.84. The topological polar surface area (TPSA) is 74.0 Å². The number of carbonyl (C=O) groups excluding carboxylic acids is 1. The Morgan fingerprint density at radius 1 is 1.13 bits per heavy atom. The predicted molar refractivity (Wildman–Crippen MR) is 115 cm³/mol. The molecule has 4 rings (SSSR count). The number of amides is 1. The fourth-order valence-corrected chi connectivity index (χ4v) is 3.06. The number of carbonyl (C=O) groups is 1. The molecule has 1 N–H and O–H groups in total. The molecule has 0 aliphatic rings. The fourth-order valence-electron chi connectivity index (χ4n) is 2.93. The molecule has 0 spiro atoms. The molecule has 1 amide bonds. The predicted octanol–water partition coefficient (Wildman–Crippen LogP) is 4.38. The minimum Gasteiger partial charge on any atom is -0.471 e. The summed E-state index contributed by atoms with van der Waals surface area (Å²) in [6, 6.07) is 16.9. The van der Waals surface area contributed by atoms with Crippen molar-refractivity contribution < 1.29 is 9.53 Å². The molecule has 0 unspecified atom stereocenters. The number of hydrogen-bond donors (Lipinski definition) is 1. The maximum Gasteiger partial charge on any atom is 0.276 e. The van der Waals surface area contributed by atoms with Crippen molar-refractivity contribution in [2.24, 2.45) is 0 Å². The van der Waals surface area contributed by atoms with E-state index in [-0.39, 0.29) is 12.6 Å². The summed E-state index contributed by atoms with van der Waals surface area (Å²) >= 11 is 5.86. The molecule has 2 heterocycles. The number of aryl methyl sites for hydroxylation is 1. The lowest BCUT2D eigenvalue weighted by Gasteiger charge is -2.06. The molecule has 0 saturated heterocycles. The first-order chi connectivity index (χ1) is 14.5. The zero-order valence-electron chi connectivity index (χ0n) is 16.3. The smallest absolute Gasteiger partial charge is 0.276 e. The Morgan fingerprint density at radius 3 is 2.77 bits per heavy atom. The van der Waals surface area contributed by atoms with Crippen LogP contribution < -0.4 is 10.1 Å². The monoisotopic (exact) mass is 421 g/mol. The Balaban J connectivity index is 1.33. The van der Waals surface area contributed by atoms with E-state index in [4.69, 9.17) is 16.3 Å². The zero-order valence-corrected chi connectivity index (χ0v) is 17.1. The molecule has 0 saturated carbocycles. The van der Waals surface area contributed by atoms with Gasteiger partial charge in [-0.3, -0.25) is 9.48 Å². The number of anilines is 1. The van der Waals surface area contributed by atoms with Gasteiger partial charge in [-0.05, 0) is 42.8 Å². The highest BCUT2D eigenvalue weighted by Crippen LogP contribution is 2.16. The number of benzene rings is 2. The van der Waals surface area contributed by atoms with Crippen molar-refractivity contribution in [3.63, 3.8) is 0 Å². The number of aromatic nitrogens is 4. The van der Waals surface area contributed by atoms with E-state index in [1.807, 2.05) is 12.1 Å². The van der Waals surface area contributed by atoms with Gasteiger partial charge in [0.1, 0.15) is 5.75 Å². The summed E-state index contributed by atoms with van der Waals surface area (Å²) in [6.45, 7) is 2.87. The van der Waals surface area contributed by atoms with E-state index in [9.17, 15) is 4.79 Å². The summed E-state index contributed by atoms with van der Waals surface area (Å²) < 4.78 is 8.95. The maximum atomic E-state index is 12.5. The van der Waals surface area contributed by atoms with Crippen LogP contribution in [0.25, 0.3) is 0 Å². The Bertz CT molecular complexity index is 1150. The van der Waals surface area contributed by atoms with Crippen molar-refractivity contribution in [2.75, 3.05) is 5.32 Å². The van der Waals surface area contributed by atoms with E-state index in [1.165, 1.54) is 5.56 Å². The standard InChI is InChI=1S/C22H20ClN5O2/c1-16-3-2-4-17(11-16)13-28-14-19(12-24-28)25-22(29)21-9-10-27(26-21)15-30-20-7-5-18(23)6-8-20/h2-12,14H,13,15H2,1H3,(H,25,29). The quantitative estimate of drug-likeness (QED) is 0.480. The number of ether oxygens (including phenoxy) is 1. The van der Waals surface area contributed by atoms with Gasteiger partial charge in [-0.25, -0.2) is 4.68 Å². The van der Waals surface area contributed by atoms with Gasteiger partial charge in [0.25, 0.3) is 5.91 Å². The molecule has 2 aromatic heterocycles. The van der Waals surface area contributed by atoms with Crippen LogP contribution in [0.15, 0.2) is 73.2 Å². The molecule has 0 aliphatic carbocycles. The molecule has 0 atom stereocenters. The van der Waals surface area contributed by atoms with Gasteiger partial charge in [0.15, 0.2) is 12.4 Å². The maximum absolute atomic E-state index is 12.5. The molecule has 0 bridgehead atoms. The lowest BCUT2D eigenvalue weighted by molar-refractivity contribution is 0.102. The summed E-state index contributed by atoms with van der Waals surface area (Å²) in [5, 5.41) is 12.0. The third-order valence-corrected chi connectivity index (χ3v) is 4.62. The van der Waals surface area contributed by atoms with Crippen molar-refractivity contribution in [2.45, 2.75) is 20.2 Å². The van der Waals surface area contributed by atoms with Gasteiger partial charge in [0, 0.05) is 17.4 Å². The summed E-state index contributed by atoms with van der Waals surface area (Å²) in [6.07, 6.45) is 5.10. The molecule has 30 heavy (non-hydrogen) atoms. The molecule has 8 heteroatoms. The van der Waals surface area contributed by atoms with Crippen LogP contribution >= 0.6 is 11.6 Å². The highest BCUT2D eigenvalue weighted by molar-refractivity contribution is 6.30. The number of rotatable bonds is 7. The molecular weight excluding hydrogens is 402 g/mol. The average molecular weight is 422 g/mol. The zero-order chi connectivity index (χ0) is 20.9. The summed E-state index contributed by atoms with van der Waals surface area (Å²) in [5.74, 6) is 0.359. The van der Waals surface area contributed by atoms with Crippen molar-refractivity contribution >= 4 is 23.2 Å². The second-order valence-electron chi connectivity index (χ2n) is 6.84. The van der Waals surface area contributed by atoms with Crippen LogP contribution in [0.4, 0.5) is 5.69 Å². The highest BCUT2D eigenvalue weighted by Gasteiger charge is 2.11. The molecular formula is C22H20ClN5O2. The van der Waals surface area contributed by atoms with Gasteiger partial charge in [-0.15, -0.1) is 0 Å². The largest absolute Gasteiger partial charge is 0.471 e. The van der Waals surface area contributed by atoms with Crippen molar-refractivity contribution in [1.82, 2.24) is 19.6 Å². The van der Waals surface area contributed by atoms with Crippen LogP contribution in [0.5, 0.6) is 5.75 Å².